The van der Waals surface area contributed by atoms with Crippen molar-refractivity contribution in [3.8, 4) is 0 Å². The molecule has 132 valence electrons. The fourth-order valence-corrected chi connectivity index (χ4v) is 0. The van der Waals surface area contributed by atoms with Crippen molar-refractivity contribution in [2.24, 2.45) is 0 Å². The van der Waals surface area contributed by atoms with E-state index in [1.807, 2.05) is 83.1 Å². The highest BCUT2D eigenvalue weighted by molar-refractivity contribution is 14.0. The van der Waals surface area contributed by atoms with Gasteiger partial charge in [0.2, 0.25) is 0 Å². The molecule has 6 heteroatoms. The molecule has 0 unspecified atom stereocenters. The molecule has 0 radical (unpaired) electrons. The molecular weight excluding hydrogens is 906 g/mol. The van der Waals surface area contributed by atoms with Crippen molar-refractivity contribution < 1.29 is 0 Å². The first-order valence-electron chi connectivity index (χ1n) is 6.00. The molecule has 0 heterocycles. The maximum Gasteiger partial charge on any atom is -0.0683 e. The Morgan fingerprint density at radius 3 is 0.167 bits per heavy atom. The van der Waals surface area contributed by atoms with E-state index in [2.05, 4.69) is 0 Å². The third-order valence-corrected chi connectivity index (χ3v) is 0. The van der Waals surface area contributed by atoms with Crippen LogP contribution < -0.4 is 0 Å². The summed E-state index contributed by atoms with van der Waals surface area (Å²) in [4.78, 5) is 0. The summed E-state index contributed by atoms with van der Waals surface area (Å²) in [6, 6.07) is 0. The van der Waals surface area contributed by atoms with Gasteiger partial charge < -0.3 is 0 Å². The van der Waals surface area contributed by atoms with Crippen molar-refractivity contribution in [1.82, 2.24) is 0 Å². The van der Waals surface area contributed by atoms with E-state index in [4.69, 9.17) is 0 Å². The molecule has 0 saturated carbocycles. The first kappa shape index (κ1) is 94.9. The molecule has 0 nitrogen and oxygen atoms in total. The van der Waals surface area contributed by atoms with Crippen LogP contribution in [0.1, 0.15) is 83.1 Å². The molecule has 0 fully saturated rings. The van der Waals surface area contributed by atoms with Gasteiger partial charge in [0.15, 0.2) is 0 Å². The highest BCUT2D eigenvalue weighted by Crippen LogP contribution is 1.15. The van der Waals surface area contributed by atoms with Crippen LogP contribution >= 0.6 is 144 Å². The second-order valence-corrected chi connectivity index (χ2v) is 0. The summed E-state index contributed by atoms with van der Waals surface area (Å²) in [6.45, 7) is 24.0. The molecule has 0 aromatic rings. The minimum absolute atomic E-state index is 0. The number of hydrogen-bond acceptors (Lipinski definition) is 0. The number of halogens is 6. The van der Waals surface area contributed by atoms with Crippen LogP contribution in [0.15, 0.2) is 0 Å². The first-order valence-corrected chi connectivity index (χ1v) is 6.00. The van der Waals surface area contributed by atoms with E-state index in [9.17, 15) is 0 Å². The van der Waals surface area contributed by atoms with Gasteiger partial charge in [0.05, 0.1) is 0 Å². The van der Waals surface area contributed by atoms with Gasteiger partial charge in [0, 0.05) is 0 Å². The zero-order valence-corrected chi connectivity index (χ0v) is 28.4. The number of rotatable bonds is 0. The van der Waals surface area contributed by atoms with Crippen molar-refractivity contribution in [2.45, 2.75) is 83.1 Å². The molecule has 0 aliphatic carbocycles. The Hall–Kier alpha value is 4.38. The average Bonchev–Trinajstić information content (AvgIpc) is 2.33. The average molecular weight is 948 g/mol. The Bertz CT molecular complexity index is 16.5. The van der Waals surface area contributed by atoms with Crippen LogP contribution in [0.2, 0.25) is 0 Å². The molecule has 0 N–H and O–H groups in total. The summed E-state index contributed by atoms with van der Waals surface area (Å²) in [6.07, 6.45) is 0. The molecule has 0 aliphatic rings. The van der Waals surface area contributed by atoms with E-state index in [0.29, 0.717) is 0 Å². The van der Waals surface area contributed by atoms with Crippen LogP contribution in [0.25, 0.3) is 0 Å². The summed E-state index contributed by atoms with van der Waals surface area (Å²) in [5.41, 5.74) is 0. The molecule has 0 atom stereocenters. The highest BCUT2D eigenvalue weighted by Gasteiger charge is 0.942. The van der Waals surface area contributed by atoms with E-state index in [0.717, 1.165) is 0 Å². The predicted octanol–water partition coefficient (Wildman–Crippen LogP) is 9.87. The Labute approximate surface area is 223 Å². The zero-order chi connectivity index (χ0) is 12.0. The predicted molar refractivity (Wildman–Crippen MR) is 161 cm³/mol. The van der Waals surface area contributed by atoms with E-state index >= 15 is 0 Å². The third kappa shape index (κ3) is 399. The molecule has 0 bridgehead atoms. The second-order valence-electron chi connectivity index (χ2n) is 0. The molecule has 0 spiro atoms. The SMILES string of the molecule is CC.CC.CC.CC.CC.CC.I.I.I.I.I.I. The Morgan fingerprint density at radius 1 is 0.167 bits per heavy atom. The largest absolute Gasteiger partial charge is 0.107 e. The smallest absolute Gasteiger partial charge is 0.0683 e. The van der Waals surface area contributed by atoms with Crippen LogP contribution in [-0.2, 0) is 0 Å². The van der Waals surface area contributed by atoms with Crippen molar-refractivity contribution in [3.05, 3.63) is 0 Å². The van der Waals surface area contributed by atoms with Crippen molar-refractivity contribution in [2.75, 3.05) is 0 Å². The Balaban J connectivity index is -0.00000000225. The van der Waals surface area contributed by atoms with Crippen LogP contribution in [0, 0.1) is 0 Å². The lowest BCUT2D eigenvalue weighted by Crippen LogP contribution is -0.856. The normalized spacial score (nSPS) is 2.00. The molecular formula is C12H42I6. The van der Waals surface area contributed by atoms with Crippen molar-refractivity contribution >= 4 is 144 Å². The Morgan fingerprint density at radius 2 is 0.167 bits per heavy atom. The van der Waals surface area contributed by atoms with Crippen molar-refractivity contribution in [3.63, 3.8) is 0 Å². The topological polar surface area (TPSA) is 0 Å². The quantitative estimate of drug-likeness (QED) is 0.213. The molecule has 0 rings (SSSR count). The summed E-state index contributed by atoms with van der Waals surface area (Å²) in [5.74, 6) is 0. The molecule has 0 aromatic heterocycles. The summed E-state index contributed by atoms with van der Waals surface area (Å²) in [5, 5.41) is 0. The fourth-order valence-electron chi connectivity index (χ4n) is 0. The maximum atomic E-state index is 2.00. The molecule has 0 aromatic carbocycles. The molecule has 18 heavy (non-hydrogen) atoms. The summed E-state index contributed by atoms with van der Waals surface area (Å²) >= 11 is 0. The van der Waals surface area contributed by atoms with Gasteiger partial charge in [-0.05, 0) is 0 Å². The number of hydrogen-bond donors (Lipinski definition) is 0. The monoisotopic (exact) mass is 948 g/mol. The van der Waals surface area contributed by atoms with Crippen LogP contribution in [-0.4, -0.2) is 0 Å². The lowest BCUT2D eigenvalue weighted by Gasteiger charge is -1.07. The lowest BCUT2D eigenvalue weighted by atomic mass is 11.0. The van der Waals surface area contributed by atoms with Gasteiger partial charge in [-0.3, -0.25) is 0 Å². The standard InChI is InChI=1S/6C2H6.6HI/c6*1-2;;;;;;/h6*1-2H3;6*1H. The van der Waals surface area contributed by atoms with E-state index < -0.39 is 0 Å². The van der Waals surface area contributed by atoms with Gasteiger partial charge in [0.1, 0.15) is 0 Å². The van der Waals surface area contributed by atoms with Crippen LogP contribution in [0.4, 0.5) is 0 Å². The highest BCUT2D eigenvalue weighted by atomic mass is 127. The van der Waals surface area contributed by atoms with Gasteiger partial charge in [-0.25, -0.2) is 0 Å². The van der Waals surface area contributed by atoms with E-state index in [1.165, 1.54) is 0 Å². The minimum Gasteiger partial charge on any atom is -0.107 e. The molecule has 0 amide bonds. The first-order chi connectivity index (χ1) is 6.00. The van der Waals surface area contributed by atoms with Crippen LogP contribution in [0.3, 0.4) is 0 Å². The maximum absolute atomic E-state index is 2.00. The van der Waals surface area contributed by atoms with Gasteiger partial charge in [-0.15, -0.1) is 144 Å². The van der Waals surface area contributed by atoms with Gasteiger partial charge in [-0.2, -0.15) is 0 Å². The summed E-state index contributed by atoms with van der Waals surface area (Å²) in [7, 11) is 0. The minimum atomic E-state index is 0. The van der Waals surface area contributed by atoms with Crippen molar-refractivity contribution in [1.29, 1.82) is 0 Å². The van der Waals surface area contributed by atoms with Gasteiger partial charge in [-0.1, -0.05) is 83.1 Å². The zero-order valence-electron chi connectivity index (χ0n) is 14.4. The van der Waals surface area contributed by atoms with E-state index in [1.54, 1.807) is 0 Å². The fraction of sp³-hybridized carbons (Fsp3) is 1.00. The van der Waals surface area contributed by atoms with Gasteiger partial charge in [0.25, 0.3) is 0 Å². The molecule has 0 saturated heterocycles. The second kappa shape index (κ2) is 463. The van der Waals surface area contributed by atoms with E-state index in [-0.39, 0.29) is 144 Å². The van der Waals surface area contributed by atoms with Crippen LogP contribution in [0.5, 0.6) is 0 Å². The van der Waals surface area contributed by atoms with Gasteiger partial charge >= 0.3 is 0 Å². The lowest BCUT2D eigenvalue weighted by molar-refractivity contribution is 1.50. The Kier molecular flexibility index (Phi) is 2440. The molecule has 0 aliphatic heterocycles. The summed E-state index contributed by atoms with van der Waals surface area (Å²) < 4.78 is 0. The third-order valence-electron chi connectivity index (χ3n) is 0.